The van der Waals surface area contributed by atoms with Gasteiger partial charge in [-0.15, -0.1) is 0 Å². The van der Waals surface area contributed by atoms with E-state index < -0.39 is 10.0 Å². The molecular formula is C17H20FN3O3S. The molecule has 1 aromatic carbocycles. The third-order valence-electron chi connectivity index (χ3n) is 4.25. The summed E-state index contributed by atoms with van der Waals surface area (Å²) in [5.74, 6) is -0.541. The third-order valence-corrected chi connectivity index (χ3v) is 5.61. The van der Waals surface area contributed by atoms with Crippen LogP contribution in [-0.4, -0.2) is 36.4 Å². The van der Waals surface area contributed by atoms with Gasteiger partial charge in [0.1, 0.15) is 16.4 Å². The number of hydrogen-bond acceptors (Lipinski definition) is 3. The Bertz CT molecular complexity index is 888. The molecule has 25 heavy (non-hydrogen) atoms. The normalized spacial score (nSPS) is 14.9. The predicted octanol–water partition coefficient (Wildman–Crippen LogP) is 1.97. The molecule has 1 aromatic heterocycles. The van der Waals surface area contributed by atoms with Crippen LogP contribution in [0, 0.1) is 5.82 Å². The molecule has 0 saturated heterocycles. The molecule has 2 heterocycles. The number of rotatable bonds is 5. The second-order valence-corrected chi connectivity index (χ2v) is 8.06. The standard InChI is InChI=1S/C17H20FN3O3S/c1-12(2)21-8-7-20-11-15(9-16(20)17(21)22)25(23,24)19-10-13-3-5-14(18)6-4-13/h3-6,9,11-12,19H,7-8,10H2,1-2H3. The van der Waals surface area contributed by atoms with Gasteiger partial charge in [-0.3, -0.25) is 4.79 Å². The number of carbonyl (C=O) groups excluding carboxylic acids is 1. The van der Waals surface area contributed by atoms with E-state index in [1.54, 1.807) is 9.47 Å². The van der Waals surface area contributed by atoms with E-state index in [-0.39, 0.29) is 29.2 Å². The highest BCUT2D eigenvalue weighted by atomic mass is 32.2. The lowest BCUT2D eigenvalue weighted by atomic mass is 10.2. The molecule has 1 N–H and O–H groups in total. The molecule has 134 valence electrons. The molecule has 8 heteroatoms. The van der Waals surface area contributed by atoms with E-state index in [0.29, 0.717) is 24.3 Å². The highest BCUT2D eigenvalue weighted by Gasteiger charge is 2.29. The van der Waals surface area contributed by atoms with Gasteiger partial charge in [0, 0.05) is 31.9 Å². The molecule has 6 nitrogen and oxygen atoms in total. The maximum atomic E-state index is 12.9. The van der Waals surface area contributed by atoms with Gasteiger partial charge in [-0.2, -0.15) is 0 Å². The average Bonchev–Trinajstić information content (AvgIpc) is 3.00. The minimum atomic E-state index is -3.76. The fourth-order valence-electron chi connectivity index (χ4n) is 2.82. The lowest BCUT2D eigenvalue weighted by Gasteiger charge is -2.31. The topological polar surface area (TPSA) is 71.4 Å². The third kappa shape index (κ3) is 3.59. The summed E-state index contributed by atoms with van der Waals surface area (Å²) in [6.45, 7) is 5.03. The Hall–Kier alpha value is -2.19. The van der Waals surface area contributed by atoms with Crippen molar-refractivity contribution in [2.45, 2.75) is 37.9 Å². The average molecular weight is 365 g/mol. The largest absolute Gasteiger partial charge is 0.340 e. The molecule has 0 unspecified atom stereocenters. The first-order valence-corrected chi connectivity index (χ1v) is 9.51. The van der Waals surface area contributed by atoms with Gasteiger partial charge in [0.05, 0.1) is 0 Å². The molecule has 0 fully saturated rings. The summed E-state index contributed by atoms with van der Waals surface area (Å²) in [7, 11) is -3.76. The summed E-state index contributed by atoms with van der Waals surface area (Å²) in [5, 5.41) is 0. The number of carbonyl (C=O) groups is 1. The second kappa shape index (κ2) is 6.61. The van der Waals surface area contributed by atoms with Crippen LogP contribution in [0.25, 0.3) is 0 Å². The van der Waals surface area contributed by atoms with Gasteiger partial charge >= 0.3 is 0 Å². The van der Waals surface area contributed by atoms with Crippen LogP contribution in [0.5, 0.6) is 0 Å². The van der Waals surface area contributed by atoms with Crippen LogP contribution in [0.1, 0.15) is 29.9 Å². The summed E-state index contributed by atoms with van der Waals surface area (Å²) in [4.78, 5) is 14.2. The molecule has 0 atom stereocenters. The number of benzene rings is 1. The molecule has 0 radical (unpaired) electrons. The first kappa shape index (κ1) is 17.6. The van der Waals surface area contributed by atoms with Crippen LogP contribution in [0.4, 0.5) is 4.39 Å². The van der Waals surface area contributed by atoms with Gasteiger partial charge in [0.15, 0.2) is 0 Å². The number of amides is 1. The molecule has 1 aliphatic rings. The van der Waals surface area contributed by atoms with Gasteiger partial charge in [-0.1, -0.05) is 12.1 Å². The van der Waals surface area contributed by atoms with Crippen LogP contribution in [0.3, 0.4) is 0 Å². The maximum absolute atomic E-state index is 12.9. The Labute approximate surface area is 146 Å². The van der Waals surface area contributed by atoms with Crippen molar-refractivity contribution in [2.75, 3.05) is 6.54 Å². The molecule has 0 spiro atoms. The minimum absolute atomic E-state index is 0.0508. The SMILES string of the molecule is CC(C)N1CCn2cc(S(=O)(=O)NCc3ccc(F)cc3)cc2C1=O. The smallest absolute Gasteiger partial charge is 0.270 e. The molecule has 0 aliphatic carbocycles. The Morgan fingerprint density at radius 1 is 1.20 bits per heavy atom. The van der Waals surface area contributed by atoms with E-state index in [1.165, 1.54) is 36.5 Å². The molecule has 0 bridgehead atoms. The molecular weight excluding hydrogens is 345 g/mol. The zero-order chi connectivity index (χ0) is 18.2. The lowest BCUT2D eigenvalue weighted by molar-refractivity contribution is 0.0649. The highest BCUT2D eigenvalue weighted by Crippen LogP contribution is 2.21. The van der Waals surface area contributed by atoms with E-state index >= 15 is 0 Å². The monoisotopic (exact) mass is 365 g/mol. The van der Waals surface area contributed by atoms with Crippen molar-refractivity contribution < 1.29 is 17.6 Å². The van der Waals surface area contributed by atoms with Crippen LogP contribution < -0.4 is 4.72 Å². The van der Waals surface area contributed by atoms with E-state index in [2.05, 4.69) is 4.72 Å². The number of nitrogens with one attached hydrogen (secondary N) is 1. The van der Waals surface area contributed by atoms with E-state index in [1.807, 2.05) is 13.8 Å². The van der Waals surface area contributed by atoms with E-state index in [4.69, 9.17) is 0 Å². The number of nitrogens with zero attached hydrogens (tertiary/aromatic N) is 2. The van der Waals surface area contributed by atoms with Crippen LogP contribution in [-0.2, 0) is 23.1 Å². The van der Waals surface area contributed by atoms with Gasteiger partial charge in [-0.25, -0.2) is 17.5 Å². The lowest BCUT2D eigenvalue weighted by Crippen LogP contribution is -2.43. The van der Waals surface area contributed by atoms with Crippen molar-refractivity contribution in [2.24, 2.45) is 0 Å². The quantitative estimate of drug-likeness (QED) is 0.881. The van der Waals surface area contributed by atoms with Crippen molar-refractivity contribution in [3.05, 3.63) is 53.6 Å². The van der Waals surface area contributed by atoms with Gasteiger partial charge in [-0.05, 0) is 37.6 Å². The van der Waals surface area contributed by atoms with Gasteiger partial charge < -0.3 is 9.47 Å². The fourth-order valence-corrected chi connectivity index (χ4v) is 3.87. The summed E-state index contributed by atoms with van der Waals surface area (Å²) < 4.78 is 42.0. The van der Waals surface area contributed by atoms with E-state index in [9.17, 15) is 17.6 Å². The van der Waals surface area contributed by atoms with Crippen LogP contribution in [0.15, 0.2) is 41.4 Å². The number of halogens is 1. The van der Waals surface area contributed by atoms with Crippen LogP contribution in [0.2, 0.25) is 0 Å². The van der Waals surface area contributed by atoms with Crippen molar-refractivity contribution >= 4 is 15.9 Å². The van der Waals surface area contributed by atoms with E-state index in [0.717, 1.165) is 0 Å². The Balaban J connectivity index is 1.79. The molecule has 2 aromatic rings. The number of sulfonamides is 1. The Morgan fingerprint density at radius 2 is 1.88 bits per heavy atom. The zero-order valence-electron chi connectivity index (χ0n) is 14.1. The number of aromatic nitrogens is 1. The summed E-state index contributed by atoms with van der Waals surface area (Å²) in [6.07, 6.45) is 1.48. The molecule has 0 saturated carbocycles. The van der Waals surface area contributed by atoms with Gasteiger partial charge in [0.25, 0.3) is 5.91 Å². The van der Waals surface area contributed by atoms with Gasteiger partial charge in [0.2, 0.25) is 10.0 Å². The second-order valence-electron chi connectivity index (χ2n) is 6.30. The summed E-state index contributed by atoms with van der Waals surface area (Å²) >= 11 is 0. The summed E-state index contributed by atoms with van der Waals surface area (Å²) in [5.41, 5.74) is 1.03. The molecule has 1 aliphatic heterocycles. The first-order valence-electron chi connectivity index (χ1n) is 8.03. The molecule has 3 rings (SSSR count). The van der Waals surface area contributed by atoms with Crippen molar-refractivity contribution in [1.29, 1.82) is 0 Å². The maximum Gasteiger partial charge on any atom is 0.270 e. The molecule has 1 amide bonds. The number of fused-ring (bicyclic) bond motifs is 1. The highest BCUT2D eigenvalue weighted by molar-refractivity contribution is 7.89. The fraction of sp³-hybridized carbons (Fsp3) is 0.353. The summed E-state index contributed by atoms with van der Waals surface area (Å²) in [6, 6.07) is 7.07. The Morgan fingerprint density at radius 3 is 2.52 bits per heavy atom. The van der Waals surface area contributed by atoms with Crippen LogP contribution >= 0.6 is 0 Å². The minimum Gasteiger partial charge on any atom is -0.340 e. The van der Waals surface area contributed by atoms with Crippen molar-refractivity contribution in [3.8, 4) is 0 Å². The van der Waals surface area contributed by atoms with Crippen molar-refractivity contribution in [3.63, 3.8) is 0 Å². The first-order chi connectivity index (χ1) is 11.8. The zero-order valence-corrected chi connectivity index (χ0v) is 14.9. The predicted molar refractivity (Wildman–Crippen MR) is 91.0 cm³/mol. The van der Waals surface area contributed by atoms with Crippen molar-refractivity contribution in [1.82, 2.24) is 14.2 Å². The number of hydrogen-bond donors (Lipinski definition) is 1. The Kier molecular flexibility index (Phi) is 4.66.